The molecule has 0 saturated carbocycles. The van der Waals surface area contributed by atoms with Crippen LogP contribution in [0.15, 0.2) is 0 Å². The van der Waals surface area contributed by atoms with Gasteiger partial charge in [-0.2, -0.15) is 0 Å². The second kappa shape index (κ2) is 4.19. The molecule has 82 valence electrons. The Kier molecular flexibility index (Phi) is 2.91. The molecule has 1 aromatic heterocycles. The highest BCUT2D eigenvalue weighted by atomic mass is 16.5. The lowest BCUT2D eigenvalue weighted by molar-refractivity contribution is 0.390. The summed E-state index contributed by atoms with van der Waals surface area (Å²) < 4.78 is 5.31. The molecule has 0 atom stereocenters. The zero-order chi connectivity index (χ0) is 10.8. The van der Waals surface area contributed by atoms with Crippen molar-refractivity contribution in [3.63, 3.8) is 0 Å². The number of aromatic nitrogens is 1. The van der Waals surface area contributed by atoms with E-state index in [-0.39, 0.29) is 0 Å². The Labute approximate surface area is 90.7 Å². The van der Waals surface area contributed by atoms with Crippen molar-refractivity contribution < 1.29 is 4.74 Å². The molecule has 15 heavy (non-hydrogen) atoms. The van der Waals surface area contributed by atoms with Crippen molar-refractivity contribution in [3.8, 4) is 5.88 Å². The van der Waals surface area contributed by atoms with E-state index >= 15 is 0 Å². The molecule has 3 heteroatoms. The summed E-state index contributed by atoms with van der Waals surface area (Å²) in [4.78, 5) is 4.55. The minimum atomic E-state index is 0.520. The number of nitrogens with two attached hydrogens (primary N) is 1. The van der Waals surface area contributed by atoms with Gasteiger partial charge in [0.1, 0.15) is 0 Å². The molecule has 0 amide bonds. The lowest BCUT2D eigenvalue weighted by Gasteiger charge is -2.15. The van der Waals surface area contributed by atoms with Crippen LogP contribution in [0.25, 0.3) is 0 Å². The van der Waals surface area contributed by atoms with Gasteiger partial charge in [-0.05, 0) is 36.8 Å². The topological polar surface area (TPSA) is 48.1 Å². The molecule has 2 rings (SSSR count). The largest absolute Gasteiger partial charge is 0.481 e. The lowest BCUT2D eigenvalue weighted by Crippen LogP contribution is -2.09. The Morgan fingerprint density at radius 1 is 1.33 bits per heavy atom. The van der Waals surface area contributed by atoms with E-state index in [0.717, 1.165) is 30.7 Å². The molecule has 1 aliphatic rings. The van der Waals surface area contributed by atoms with E-state index in [1.54, 1.807) is 7.11 Å². The van der Waals surface area contributed by atoms with Gasteiger partial charge in [0.2, 0.25) is 5.88 Å². The number of ether oxygens (including phenoxy) is 1. The average molecular weight is 206 g/mol. The highest BCUT2D eigenvalue weighted by Crippen LogP contribution is 2.31. The van der Waals surface area contributed by atoms with Crippen LogP contribution in [-0.2, 0) is 25.8 Å². The fourth-order valence-corrected chi connectivity index (χ4v) is 2.48. The number of hydrogen-bond donors (Lipinski definition) is 1. The number of hydrogen-bond acceptors (Lipinski definition) is 3. The lowest BCUT2D eigenvalue weighted by atomic mass is 9.99. The minimum absolute atomic E-state index is 0.520. The van der Waals surface area contributed by atoms with Gasteiger partial charge in [-0.3, -0.25) is 0 Å². The van der Waals surface area contributed by atoms with E-state index in [1.165, 1.54) is 23.2 Å². The van der Waals surface area contributed by atoms with Crippen LogP contribution in [0.3, 0.4) is 0 Å². The van der Waals surface area contributed by atoms with Crippen molar-refractivity contribution in [1.29, 1.82) is 0 Å². The molecule has 2 N–H and O–H groups in total. The second-order valence-corrected chi connectivity index (χ2v) is 3.91. The third kappa shape index (κ3) is 1.61. The quantitative estimate of drug-likeness (QED) is 0.817. The van der Waals surface area contributed by atoms with E-state index in [1.807, 2.05) is 0 Å². The molecule has 1 heterocycles. The van der Waals surface area contributed by atoms with Crippen molar-refractivity contribution in [3.05, 3.63) is 22.4 Å². The third-order valence-corrected chi connectivity index (χ3v) is 3.16. The van der Waals surface area contributed by atoms with Gasteiger partial charge in [-0.25, -0.2) is 4.98 Å². The molecule has 1 aromatic rings. The number of methoxy groups -OCH3 is 1. The van der Waals surface area contributed by atoms with E-state index in [4.69, 9.17) is 10.5 Å². The Morgan fingerprint density at radius 3 is 2.73 bits per heavy atom. The normalized spacial score (nSPS) is 14.1. The molecule has 0 unspecified atom stereocenters. The van der Waals surface area contributed by atoms with Crippen molar-refractivity contribution in [1.82, 2.24) is 4.98 Å². The first kappa shape index (κ1) is 10.4. The van der Waals surface area contributed by atoms with E-state index in [9.17, 15) is 0 Å². The summed E-state index contributed by atoms with van der Waals surface area (Å²) >= 11 is 0. The molecule has 1 aliphatic carbocycles. The van der Waals surface area contributed by atoms with E-state index in [0.29, 0.717) is 6.54 Å². The molecule has 3 nitrogen and oxygen atoms in total. The standard InChI is InChI=1S/C12H18N2O/c1-3-8-9-5-4-6-11(9)14-12(15-2)10(8)7-13/h3-7,13H2,1-2H3. The first-order chi connectivity index (χ1) is 7.31. The molecule has 0 saturated heterocycles. The Balaban J connectivity index is 2.61. The highest BCUT2D eigenvalue weighted by molar-refractivity contribution is 5.45. The first-order valence-corrected chi connectivity index (χ1v) is 5.59. The maximum Gasteiger partial charge on any atom is 0.218 e. The van der Waals surface area contributed by atoms with Gasteiger partial charge in [0.05, 0.1) is 7.11 Å². The number of pyridine rings is 1. The average Bonchev–Trinajstić information content (AvgIpc) is 2.73. The monoisotopic (exact) mass is 206 g/mol. The van der Waals surface area contributed by atoms with Crippen LogP contribution >= 0.6 is 0 Å². The predicted molar refractivity (Wildman–Crippen MR) is 60.1 cm³/mol. The van der Waals surface area contributed by atoms with Crippen LogP contribution in [0.4, 0.5) is 0 Å². The number of nitrogens with zero attached hydrogens (tertiary/aromatic N) is 1. The van der Waals surface area contributed by atoms with Gasteiger partial charge in [-0.15, -0.1) is 0 Å². The summed E-state index contributed by atoms with van der Waals surface area (Å²) in [5.74, 6) is 0.731. The Bertz CT molecular complexity index is 374. The molecular weight excluding hydrogens is 188 g/mol. The van der Waals surface area contributed by atoms with Crippen LogP contribution in [0.5, 0.6) is 5.88 Å². The number of fused-ring (bicyclic) bond motifs is 1. The second-order valence-electron chi connectivity index (χ2n) is 3.91. The fourth-order valence-electron chi connectivity index (χ4n) is 2.48. The molecule has 0 bridgehead atoms. The van der Waals surface area contributed by atoms with Crippen molar-refractivity contribution in [2.75, 3.05) is 7.11 Å². The van der Waals surface area contributed by atoms with Crippen LogP contribution < -0.4 is 10.5 Å². The predicted octanol–water partition coefficient (Wildman–Crippen LogP) is 1.60. The van der Waals surface area contributed by atoms with Crippen LogP contribution in [0.1, 0.15) is 35.7 Å². The van der Waals surface area contributed by atoms with Crippen LogP contribution in [0.2, 0.25) is 0 Å². The zero-order valence-corrected chi connectivity index (χ0v) is 9.47. The van der Waals surface area contributed by atoms with Crippen molar-refractivity contribution in [2.45, 2.75) is 39.2 Å². The zero-order valence-electron chi connectivity index (χ0n) is 9.47. The van der Waals surface area contributed by atoms with Gasteiger partial charge in [0.25, 0.3) is 0 Å². The Morgan fingerprint density at radius 2 is 2.13 bits per heavy atom. The maximum atomic E-state index is 5.78. The van der Waals surface area contributed by atoms with E-state index in [2.05, 4.69) is 11.9 Å². The first-order valence-electron chi connectivity index (χ1n) is 5.59. The van der Waals surface area contributed by atoms with E-state index < -0.39 is 0 Å². The maximum absolute atomic E-state index is 5.78. The van der Waals surface area contributed by atoms with Gasteiger partial charge >= 0.3 is 0 Å². The van der Waals surface area contributed by atoms with Crippen molar-refractivity contribution >= 4 is 0 Å². The molecule has 0 aliphatic heterocycles. The summed E-state index contributed by atoms with van der Waals surface area (Å²) in [5.41, 5.74) is 10.9. The van der Waals surface area contributed by atoms with Crippen LogP contribution in [-0.4, -0.2) is 12.1 Å². The summed E-state index contributed by atoms with van der Waals surface area (Å²) in [7, 11) is 1.67. The summed E-state index contributed by atoms with van der Waals surface area (Å²) in [6.07, 6.45) is 4.48. The summed E-state index contributed by atoms with van der Waals surface area (Å²) in [6, 6.07) is 0. The fraction of sp³-hybridized carbons (Fsp3) is 0.583. The molecule has 0 fully saturated rings. The summed E-state index contributed by atoms with van der Waals surface area (Å²) in [5, 5.41) is 0. The molecule has 0 aromatic carbocycles. The molecular formula is C12H18N2O. The number of aryl methyl sites for hydroxylation is 1. The summed E-state index contributed by atoms with van der Waals surface area (Å²) in [6.45, 7) is 2.69. The smallest absolute Gasteiger partial charge is 0.218 e. The van der Waals surface area contributed by atoms with Gasteiger partial charge < -0.3 is 10.5 Å². The van der Waals surface area contributed by atoms with Gasteiger partial charge in [0.15, 0.2) is 0 Å². The van der Waals surface area contributed by atoms with Crippen molar-refractivity contribution in [2.24, 2.45) is 5.73 Å². The molecule has 0 radical (unpaired) electrons. The SMILES string of the molecule is CCc1c2c(nc(OC)c1CN)CCC2. The molecule has 0 spiro atoms. The highest BCUT2D eigenvalue weighted by Gasteiger charge is 2.21. The van der Waals surface area contributed by atoms with Crippen LogP contribution in [0, 0.1) is 0 Å². The van der Waals surface area contributed by atoms with Gasteiger partial charge in [0, 0.05) is 17.8 Å². The minimum Gasteiger partial charge on any atom is -0.481 e. The number of rotatable bonds is 3. The third-order valence-electron chi connectivity index (χ3n) is 3.16. The van der Waals surface area contributed by atoms with Gasteiger partial charge in [-0.1, -0.05) is 6.92 Å². The Hall–Kier alpha value is -1.09.